The first-order valence-electron chi connectivity index (χ1n) is 5.38. The second-order valence-electron chi connectivity index (χ2n) is 4.26. The van der Waals surface area contributed by atoms with Crippen molar-refractivity contribution in [2.75, 3.05) is 7.11 Å². The number of aryl methyl sites for hydroxylation is 1. The van der Waals surface area contributed by atoms with E-state index in [4.69, 9.17) is 4.74 Å². The van der Waals surface area contributed by atoms with Crippen LogP contribution in [0.5, 0.6) is 5.75 Å². The van der Waals surface area contributed by atoms with Gasteiger partial charge >= 0.3 is 0 Å². The van der Waals surface area contributed by atoms with E-state index in [0.717, 1.165) is 16.9 Å². The van der Waals surface area contributed by atoms with Crippen LogP contribution in [-0.4, -0.2) is 12.9 Å². The number of carbonyl (C=O) groups is 1. The Bertz CT molecular complexity index is 378. The summed E-state index contributed by atoms with van der Waals surface area (Å²) >= 11 is 0. The summed E-state index contributed by atoms with van der Waals surface area (Å²) in [5.41, 5.74) is 1.85. The number of Topliss-reactive ketones (excluding diaryl/α,β-unsaturated/α-hetero) is 1. The molecule has 0 bridgehead atoms. The number of ketones is 1. The first kappa shape index (κ1) is 10.2. The summed E-state index contributed by atoms with van der Waals surface area (Å²) in [4.78, 5) is 11.8. The van der Waals surface area contributed by atoms with Crippen molar-refractivity contribution in [2.45, 2.75) is 26.2 Å². The van der Waals surface area contributed by atoms with E-state index < -0.39 is 0 Å². The molecule has 2 nitrogen and oxygen atoms in total. The molecule has 0 amide bonds. The number of hydrogen-bond donors (Lipinski definition) is 0. The van der Waals surface area contributed by atoms with Crippen molar-refractivity contribution in [3.8, 4) is 5.75 Å². The van der Waals surface area contributed by atoms with E-state index in [2.05, 4.69) is 0 Å². The van der Waals surface area contributed by atoms with Crippen LogP contribution in [0.4, 0.5) is 0 Å². The molecular formula is C13H16O2. The van der Waals surface area contributed by atoms with Crippen LogP contribution < -0.4 is 4.74 Å². The summed E-state index contributed by atoms with van der Waals surface area (Å²) in [6, 6.07) is 5.68. The third kappa shape index (κ3) is 2.38. The molecule has 1 fully saturated rings. The molecule has 1 aromatic carbocycles. The van der Waals surface area contributed by atoms with Crippen LogP contribution in [0, 0.1) is 12.8 Å². The van der Waals surface area contributed by atoms with Gasteiger partial charge < -0.3 is 4.74 Å². The molecule has 80 valence electrons. The number of methoxy groups -OCH3 is 1. The van der Waals surface area contributed by atoms with Gasteiger partial charge in [-0.25, -0.2) is 0 Å². The number of rotatable bonds is 4. The van der Waals surface area contributed by atoms with Crippen molar-refractivity contribution >= 4 is 5.78 Å². The molecule has 0 saturated heterocycles. The molecule has 0 aliphatic heterocycles. The minimum Gasteiger partial charge on any atom is -0.496 e. The van der Waals surface area contributed by atoms with Gasteiger partial charge in [0.05, 0.1) is 7.11 Å². The van der Waals surface area contributed by atoms with Crippen molar-refractivity contribution in [2.24, 2.45) is 5.92 Å². The molecule has 0 N–H and O–H groups in total. The highest BCUT2D eigenvalue weighted by molar-refractivity contribution is 5.96. The summed E-state index contributed by atoms with van der Waals surface area (Å²) in [6.07, 6.45) is 3.13. The van der Waals surface area contributed by atoms with Crippen LogP contribution in [0.25, 0.3) is 0 Å². The first-order valence-corrected chi connectivity index (χ1v) is 5.38. The van der Waals surface area contributed by atoms with Gasteiger partial charge in [0.15, 0.2) is 5.78 Å². The van der Waals surface area contributed by atoms with Crippen LogP contribution in [0.3, 0.4) is 0 Å². The molecule has 0 atom stereocenters. The lowest BCUT2D eigenvalue weighted by Gasteiger charge is -2.06. The summed E-state index contributed by atoms with van der Waals surface area (Å²) < 4.78 is 5.20. The topological polar surface area (TPSA) is 26.3 Å². The Kier molecular flexibility index (Phi) is 2.76. The molecule has 0 radical (unpaired) electrons. The Balaban J connectivity index is 2.16. The highest BCUT2D eigenvalue weighted by Crippen LogP contribution is 2.34. The molecule has 15 heavy (non-hydrogen) atoms. The lowest BCUT2D eigenvalue weighted by atomic mass is 10.0. The Morgan fingerprint density at radius 2 is 2.20 bits per heavy atom. The zero-order valence-electron chi connectivity index (χ0n) is 9.25. The highest BCUT2D eigenvalue weighted by atomic mass is 16.5. The molecule has 1 aliphatic rings. The smallest absolute Gasteiger partial charge is 0.163 e. The summed E-state index contributed by atoms with van der Waals surface area (Å²) in [7, 11) is 1.64. The summed E-state index contributed by atoms with van der Waals surface area (Å²) in [5, 5.41) is 0. The first-order chi connectivity index (χ1) is 7.20. The van der Waals surface area contributed by atoms with Crippen molar-refractivity contribution in [3.05, 3.63) is 29.3 Å². The van der Waals surface area contributed by atoms with Crippen molar-refractivity contribution in [1.29, 1.82) is 0 Å². The predicted molar refractivity (Wildman–Crippen MR) is 59.4 cm³/mol. The molecule has 1 saturated carbocycles. The molecule has 0 unspecified atom stereocenters. The number of hydrogen-bond acceptors (Lipinski definition) is 2. The van der Waals surface area contributed by atoms with E-state index in [1.54, 1.807) is 7.11 Å². The summed E-state index contributed by atoms with van der Waals surface area (Å²) in [5.74, 6) is 1.69. The molecule has 0 spiro atoms. The van der Waals surface area contributed by atoms with Crippen LogP contribution in [-0.2, 0) is 0 Å². The van der Waals surface area contributed by atoms with Crippen LogP contribution in [0.1, 0.15) is 35.2 Å². The van der Waals surface area contributed by atoms with Gasteiger partial charge in [-0.1, -0.05) is 12.1 Å². The van der Waals surface area contributed by atoms with Gasteiger partial charge in [0.2, 0.25) is 0 Å². The second kappa shape index (κ2) is 4.05. The quantitative estimate of drug-likeness (QED) is 0.705. The Hall–Kier alpha value is -1.31. The van der Waals surface area contributed by atoms with Crippen molar-refractivity contribution in [1.82, 2.24) is 0 Å². The number of carbonyl (C=O) groups excluding carboxylic acids is 1. The van der Waals surface area contributed by atoms with E-state index in [-0.39, 0.29) is 5.78 Å². The second-order valence-corrected chi connectivity index (χ2v) is 4.26. The maximum Gasteiger partial charge on any atom is 0.163 e. The Morgan fingerprint density at radius 3 is 2.80 bits per heavy atom. The minimum atomic E-state index is 0.246. The maximum absolute atomic E-state index is 11.8. The van der Waals surface area contributed by atoms with Crippen molar-refractivity contribution < 1.29 is 9.53 Å². The number of ether oxygens (including phenoxy) is 1. The fourth-order valence-electron chi connectivity index (χ4n) is 1.70. The Labute approximate surface area is 90.3 Å². The van der Waals surface area contributed by atoms with Crippen molar-refractivity contribution in [3.63, 3.8) is 0 Å². The third-order valence-corrected chi connectivity index (χ3v) is 2.90. The molecule has 1 aliphatic carbocycles. The van der Waals surface area contributed by atoms with E-state index >= 15 is 0 Å². The van der Waals surface area contributed by atoms with Crippen LogP contribution >= 0.6 is 0 Å². The molecule has 2 heteroatoms. The van der Waals surface area contributed by atoms with Gasteiger partial charge in [-0.2, -0.15) is 0 Å². The average Bonchev–Trinajstić information content (AvgIpc) is 3.02. The van der Waals surface area contributed by atoms with Gasteiger partial charge in [0, 0.05) is 12.0 Å². The molecule has 0 heterocycles. The monoisotopic (exact) mass is 204 g/mol. The van der Waals surface area contributed by atoms with E-state index in [9.17, 15) is 4.79 Å². The fraction of sp³-hybridized carbons (Fsp3) is 0.462. The van der Waals surface area contributed by atoms with Gasteiger partial charge in [0.25, 0.3) is 0 Å². The molecular weight excluding hydrogens is 188 g/mol. The average molecular weight is 204 g/mol. The molecule has 1 aromatic rings. The standard InChI is InChI=1S/C13H16O2/c1-9-3-6-11(8-13(9)15-2)12(14)7-10-4-5-10/h3,6,8,10H,4-5,7H2,1-2H3. The SMILES string of the molecule is COc1cc(C(=O)CC2CC2)ccc1C. The maximum atomic E-state index is 11.8. The lowest BCUT2D eigenvalue weighted by Crippen LogP contribution is -2.01. The van der Waals surface area contributed by atoms with Gasteiger partial charge in [-0.3, -0.25) is 4.79 Å². The molecule has 2 rings (SSSR count). The van der Waals surface area contributed by atoms with E-state index in [1.807, 2.05) is 25.1 Å². The minimum absolute atomic E-state index is 0.246. The van der Waals surface area contributed by atoms with Crippen LogP contribution in [0.2, 0.25) is 0 Å². The summed E-state index contributed by atoms with van der Waals surface area (Å²) in [6.45, 7) is 1.98. The zero-order valence-corrected chi connectivity index (χ0v) is 9.25. The molecule has 0 aromatic heterocycles. The van der Waals surface area contributed by atoms with E-state index in [0.29, 0.717) is 12.3 Å². The van der Waals surface area contributed by atoms with Gasteiger partial charge in [-0.05, 0) is 37.3 Å². The fourth-order valence-corrected chi connectivity index (χ4v) is 1.70. The zero-order chi connectivity index (χ0) is 10.8. The third-order valence-electron chi connectivity index (χ3n) is 2.90. The lowest BCUT2D eigenvalue weighted by molar-refractivity contribution is 0.0975. The largest absolute Gasteiger partial charge is 0.496 e. The highest BCUT2D eigenvalue weighted by Gasteiger charge is 2.25. The van der Waals surface area contributed by atoms with Crippen LogP contribution in [0.15, 0.2) is 18.2 Å². The Morgan fingerprint density at radius 1 is 1.47 bits per heavy atom. The van der Waals surface area contributed by atoms with E-state index in [1.165, 1.54) is 12.8 Å². The number of benzene rings is 1. The van der Waals surface area contributed by atoms with Gasteiger partial charge in [0.1, 0.15) is 5.75 Å². The van der Waals surface area contributed by atoms with Gasteiger partial charge in [-0.15, -0.1) is 0 Å². The predicted octanol–water partition coefficient (Wildman–Crippen LogP) is 2.99. The normalized spacial score (nSPS) is 15.1.